The maximum Gasteiger partial charge on any atom is 0.198 e. The first-order valence-electron chi connectivity index (χ1n) is 6.28. The van der Waals surface area contributed by atoms with E-state index in [1.807, 2.05) is 18.2 Å². The first kappa shape index (κ1) is 13.4. The van der Waals surface area contributed by atoms with Gasteiger partial charge in [0.25, 0.3) is 0 Å². The van der Waals surface area contributed by atoms with E-state index in [0.29, 0.717) is 10.6 Å². The molecule has 0 aliphatic heterocycles. The summed E-state index contributed by atoms with van der Waals surface area (Å²) in [5, 5.41) is 10.2. The Hall–Kier alpha value is -2.59. The van der Waals surface area contributed by atoms with Crippen molar-refractivity contribution in [1.82, 2.24) is 9.97 Å². The van der Waals surface area contributed by atoms with Crippen LogP contribution in [0.3, 0.4) is 0 Å². The van der Waals surface area contributed by atoms with Crippen LogP contribution < -0.4 is 0 Å². The molecule has 2 heterocycles. The predicted octanol–water partition coefficient (Wildman–Crippen LogP) is 3.67. The lowest BCUT2D eigenvalue weighted by atomic mass is 10.0. The highest BCUT2D eigenvalue weighted by atomic mass is 35.5. The molecule has 0 aliphatic rings. The second-order valence-corrected chi connectivity index (χ2v) is 4.94. The number of pyridine rings is 1. The zero-order chi connectivity index (χ0) is 14.8. The smallest absolute Gasteiger partial charge is 0.198 e. The quantitative estimate of drug-likeness (QED) is 0.725. The average Bonchev–Trinajstić information content (AvgIpc) is 3.00. The van der Waals surface area contributed by atoms with Crippen LogP contribution in [0.1, 0.15) is 15.9 Å². The van der Waals surface area contributed by atoms with Crippen molar-refractivity contribution >= 4 is 17.4 Å². The average molecular weight is 299 g/mol. The fourth-order valence-corrected chi connectivity index (χ4v) is 2.21. The minimum absolute atomic E-state index is 0.0926. The van der Waals surface area contributed by atoms with Crippen LogP contribution in [0.2, 0.25) is 5.02 Å². The van der Waals surface area contributed by atoms with Crippen molar-refractivity contribution in [3.8, 4) is 17.1 Å². The van der Waals surface area contributed by atoms with E-state index in [1.54, 1.807) is 18.5 Å². The zero-order valence-electron chi connectivity index (χ0n) is 10.9. The Morgan fingerprint density at radius 1 is 1.19 bits per heavy atom. The first-order valence-corrected chi connectivity index (χ1v) is 6.66. The molecule has 0 bridgehead atoms. The molecule has 0 fully saturated rings. The fourth-order valence-electron chi connectivity index (χ4n) is 2.04. The minimum Gasteiger partial charge on any atom is -0.507 e. The number of H-pyrrole nitrogens is 1. The van der Waals surface area contributed by atoms with Crippen molar-refractivity contribution in [2.24, 2.45) is 0 Å². The number of rotatable bonds is 3. The van der Waals surface area contributed by atoms with Crippen LogP contribution >= 0.6 is 11.6 Å². The number of nitrogens with one attached hydrogen (secondary N) is 1. The number of aromatic nitrogens is 2. The second-order valence-electron chi connectivity index (χ2n) is 4.51. The summed E-state index contributed by atoms with van der Waals surface area (Å²) in [5.74, 6) is -0.390. The Labute approximate surface area is 126 Å². The van der Waals surface area contributed by atoms with Gasteiger partial charge in [0.15, 0.2) is 5.78 Å². The van der Waals surface area contributed by atoms with Crippen molar-refractivity contribution in [1.29, 1.82) is 0 Å². The molecule has 0 spiro atoms. The number of nitrogens with zero attached hydrogens (tertiary/aromatic N) is 1. The Morgan fingerprint density at radius 2 is 2.05 bits per heavy atom. The Bertz CT molecular complexity index is 797. The van der Waals surface area contributed by atoms with Gasteiger partial charge < -0.3 is 10.1 Å². The number of halogens is 1. The standard InChI is InChI=1S/C16H11ClN2O2/c17-11-4-5-15(20)12(8-11)16(21)10-7-14(19-9-10)13-3-1-2-6-18-13/h1-9,19-20H. The molecule has 5 heteroatoms. The molecule has 2 N–H and O–H groups in total. The highest BCUT2D eigenvalue weighted by molar-refractivity contribution is 6.31. The van der Waals surface area contributed by atoms with Crippen LogP contribution in [-0.4, -0.2) is 20.9 Å². The van der Waals surface area contributed by atoms with Gasteiger partial charge in [0.2, 0.25) is 0 Å². The number of carbonyl (C=O) groups is 1. The summed E-state index contributed by atoms with van der Waals surface area (Å²) < 4.78 is 0. The SMILES string of the molecule is O=C(c1c[nH]c(-c2ccccn2)c1)c1cc(Cl)ccc1O. The maximum atomic E-state index is 12.4. The van der Waals surface area contributed by atoms with E-state index in [9.17, 15) is 9.90 Å². The third kappa shape index (κ3) is 2.66. The number of aromatic hydroxyl groups is 1. The molecule has 4 nitrogen and oxygen atoms in total. The molecule has 0 atom stereocenters. The van der Waals surface area contributed by atoms with Crippen molar-refractivity contribution in [3.63, 3.8) is 0 Å². The van der Waals surface area contributed by atoms with Gasteiger partial charge in [-0.2, -0.15) is 0 Å². The van der Waals surface area contributed by atoms with E-state index in [1.165, 1.54) is 18.2 Å². The molecular formula is C16H11ClN2O2. The molecule has 3 rings (SSSR count). The summed E-state index contributed by atoms with van der Waals surface area (Å²) in [6.07, 6.45) is 3.27. The first-order chi connectivity index (χ1) is 10.1. The van der Waals surface area contributed by atoms with Gasteiger partial charge in [0, 0.05) is 23.0 Å². The van der Waals surface area contributed by atoms with Crippen LogP contribution in [0, 0.1) is 0 Å². The van der Waals surface area contributed by atoms with Gasteiger partial charge in [0.05, 0.1) is 17.0 Å². The third-order valence-electron chi connectivity index (χ3n) is 3.09. The van der Waals surface area contributed by atoms with Gasteiger partial charge in [-0.05, 0) is 36.4 Å². The van der Waals surface area contributed by atoms with Crippen LogP contribution in [0.25, 0.3) is 11.4 Å². The molecule has 0 amide bonds. The van der Waals surface area contributed by atoms with Gasteiger partial charge in [-0.3, -0.25) is 9.78 Å². The van der Waals surface area contributed by atoms with Gasteiger partial charge in [-0.1, -0.05) is 17.7 Å². The van der Waals surface area contributed by atoms with E-state index in [2.05, 4.69) is 9.97 Å². The van der Waals surface area contributed by atoms with Gasteiger partial charge >= 0.3 is 0 Å². The summed E-state index contributed by atoms with van der Waals surface area (Å²) in [7, 11) is 0. The molecule has 1 aromatic carbocycles. The van der Waals surface area contributed by atoms with Crippen molar-refractivity contribution < 1.29 is 9.90 Å². The largest absolute Gasteiger partial charge is 0.507 e. The van der Waals surface area contributed by atoms with Gasteiger partial charge in [-0.15, -0.1) is 0 Å². The summed E-state index contributed by atoms with van der Waals surface area (Å²) in [6.45, 7) is 0. The molecule has 0 radical (unpaired) electrons. The number of ketones is 1. The number of hydrogen-bond acceptors (Lipinski definition) is 3. The lowest BCUT2D eigenvalue weighted by Crippen LogP contribution is -2.00. The number of benzene rings is 1. The van der Waals surface area contributed by atoms with Crippen LogP contribution in [0.5, 0.6) is 5.75 Å². The van der Waals surface area contributed by atoms with Crippen LogP contribution in [0.15, 0.2) is 54.9 Å². The number of phenolic OH excluding ortho intramolecular Hbond substituents is 1. The molecular weight excluding hydrogens is 288 g/mol. The highest BCUT2D eigenvalue weighted by Gasteiger charge is 2.16. The van der Waals surface area contributed by atoms with Crippen LogP contribution in [0.4, 0.5) is 0 Å². The lowest BCUT2D eigenvalue weighted by Gasteiger charge is -2.02. The van der Waals surface area contributed by atoms with Gasteiger partial charge in [-0.25, -0.2) is 0 Å². The zero-order valence-corrected chi connectivity index (χ0v) is 11.6. The van der Waals surface area contributed by atoms with Crippen molar-refractivity contribution in [2.75, 3.05) is 0 Å². The summed E-state index contributed by atoms with van der Waals surface area (Å²) >= 11 is 5.87. The van der Waals surface area contributed by atoms with Crippen molar-refractivity contribution in [2.45, 2.75) is 0 Å². The van der Waals surface area contributed by atoms with Crippen LogP contribution in [-0.2, 0) is 0 Å². The Morgan fingerprint density at radius 3 is 2.81 bits per heavy atom. The third-order valence-corrected chi connectivity index (χ3v) is 3.32. The molecule has 0 aliphatic carbocycles. The predicted molar refractivity (Wildman–Crippen MR) is 80.6 cm³/mol. The normalized spacial score (nSPS) is 10.5. The summed E-state index contributed by atoms with van der Waals surface area (Å²) in [6, 6.07) is 11.6. The molecule has 0 unspecified atom stereocenters. The second kappa shape index (κ2) is 5.42. The Balaban J connectivity index is 1.96. The topological polar surface area (TPSA) is 66.0 Å². The molecule has 104 valence electrons. The number of phenols is 1. The van der Waals surface area contributed by atoms with Gasteiger partial charge in [0.1, 0.15) is 5.75 Å². The van der Waals surface area contributed by atoms with Crippen molar-refractivity contribution in [3.05, 3.63) is 71.0 Å². The fraction of sp³-hybridized carbons (Fsp3) is 0. The minimum atomic E-state index is -0.298. The molecule has 0 saturated heterocycles. The summed E-state index contributed by atoms with van der Waals surface area (Å²) in [5.41, 5.74) is 2.09. The van der Waals surface area contributed by atoms with E-state index >= 15 is 0 Å². The lowest BCUT2D eigenvalue weighted by molar-refractivity contribution is 0.103. The monoisotopic (exact) mass is 298 g/mol. The van der Waals surface area contributed by atoms with E-state index in [-0.39, 0.29) is 17.1 Å². The van der Waals surface area contributed by atoms with E-state index in [4.69, 9.17) is 11.6 Å². The molecule has 0 saturated carbocycles. The molecule has 21 heavy (non-hydrogen) atoms. The number of carbonyl (C=O) groups excluding carboxylic acids is 1. The van der Waals surface area contributed by atoms with E-state index in [0.717, 1.165) is 11.4 Å². The number of hydrogen-bond donors (Lipinski definition) is 2. The number of aromatic amines is 1. The molecule has 3 aromatic rings. The molecule has 2 aromatic heterocycles. The highest BCUT2D eigenvalue weighted by Crippen LogP contribution is 2.25. The van der Waals surface area contributed by atoms with E-state index < -0.39 is 0 Å². The maximum absolute atomic E-state index is 12.4. The summed E-state index contributed by atoms with van der Waals surface area (Å²) in [4.78, 5) is 19.6. The Kier molecular flexibility index (Phi) is 3.46.